The van der Waals surface area contributed by atoms with E-state index in [0.29, 0.717) is 23.9 Å². The van der Waals surface area contributed by atoms with E-state index < -0.39 is 23.9 Å². The van der Waals surface area contributed by atoms with Crippen LogP contribution < -0.4 is 16.6 Å². The van der Waals surface area contributed by atoms with Crippen molar-refractivity contribution in [3.05, 3.63) is 57.5 Å². The first kappa shape index (κ1) is 21.6. The first-order valence-electron chi connectivity index (χ1n) is 9.44. The lowest BCUT2D eigenvalue weighted by Crippen LogP contribution is -2.41. The molecule has 0 bridgehead atoms. The molecule has 2 heterocycles. The van der Waals surface area contributed by atoms with Crippen LogP contribution in [0.25, 0.3) is 11.0 Å². The maximum atomic E-state index is 12.4. The van der Waals surface area contributed by atoms with Crippen LogP contribution in [0.5, 0.6) is 0 Å². The third kappa shape index (κ3) is 5.26. The zero-order valence-electron chi connectivity index (χ0n) is 16.3. The van der Waals surface area contributed by atoms with Crippen LogP contribution in [-0.2, 0) is 22.4 Å². The normalized spacial score (nSPS) is 11.9. The minimum atomic E-state index is -1.30. The number of rotatable bonds is 9. The Balaban J connectivity index is 1.70. The van der Waals surface area contributed by atoms with Crippen LogP contribution in [0.15, 0.2) is 35.3 Å². The number of carbonyl (C=O) groups excluding carboxylic acids is 1. The van der Waals surface area contributed by atoms with Gasteiger partial charge in [0.2, 0.25) is 5.95 Å². The number of anilines is 1. The predicted molar refractivity (Wildman–Crippen MR) is 111 cm³/mol. The highest BCUT2D eigenvalue weighted by Gasteiger charge is 2.21. The molecule has 1 aromatic carbocycles. The average Bonchev–Trinajstić information content (AvgIpc) is 3.12. The number of aryl methyl sites for hydroxylation is 2. The van der Waals surface area contributed by atoms with Crippen molar-refractivity contribution in [2.24, 2.45) is 0 Å². The fraction of sp³-hybridized carbons (Fsp3) is 0.250. The molecule has 11 nitrogen and oxygen atoms in total. The van der Waals surface area contributed by atoms with Gasteiger partial charge in [0.1, 0.15) is 11.7 Å². The van der Waals surface area contributed by atoms with Gasteiger partial charge in [-0.1, -0.05) is 12.1 Å². The number of amides is 1. The molecule has 0 saturated heterocycles. The summed E-state index contributed by atoms with van der Waals surface area (Å²) in [5, 5.41) is 20.7. The summed E-state index contributed by atoms with van der Waals surface area (Å²) < 4.78 is 0. The van der Waals surface area contributed by atoms with Gasteiger partial charge in [0.15, 0.2) is 0 Å². The van der Waals surface area contributed by atoms with Crippen molar-refractivity contribution in [1.82, 2.24) is 20.3 Å². The quantitative estimate of drug-likeness (QED) is 0.287. The van der Waals surface area contributed by atoms with Crippen molar-refractivity contribution in [3.63, 3.8) is 0 Å². The van der Waals surface area contributed by atoms with E-state index in [4.69, 9.17) is 10.8 Å². The van der Waals surface area contributed by atoms with Gasteiger partial charge in [-0.05, 0) is 42.5 Å². The van der Waals surface area contributed by atoms with Crippen LogP contribution in [0.4, 0.5) is 5.95 Å². The van der Waals surface area contributed by atoms with E-state index in [1.807, 2.05) is 6.07 Å². The van der Waals surface area contributed by atoms with Gasteiger partial charge < -0.3 is 26.2 Å². The van der Waals surface area contributed by atoms with E-state index in [-0.39, 0.29) is 29.9 Å². The molecule has 0 unspecified atom stereocenters. The molecule has 0 aliphatic rings. The van der Waals surface area contributed by atoms with Gasteiger partial charge in [0, 0.05) is 18.2 Å². The number of hydrogen-bond acceptors (Lipinski definition) is 6. The molecule has 0 saturated carbocycles. The van der Waals surface area contributed by atoms with Gasteiger partial charge in [-0.3, -0.25) is 19.4 Å². The summed E-state index contributed by atoms with van der Waals surface area (Å²) in [4.78, 5) is 56.0. The molecule has 3 rings (SSSR count). The standard InChI is InChI=1S/C20H21N5O6/c21-20-24-16-15(18(29)25-20)12(9-22-16)5-4-10-2-1-3-11(8-10)17(28)23-13(19(30)31)6-7-14(26)27/h1-3,8-9,13H,4-7H2,(H,23,28)(H,26,27)(H,30,31)(H4,21,22,24,25,29)/t13-/m0/s1. The number of hydrogen-bond donors (Lipinski definition) is 6. The van der Waals surface area contributed by atoms with Crippen molar-refractivity contribution in [3.8, 4) is 0 Å². The molecular formula is C20H21N5O6. The number of aromatic amines is 2. The summed E-state index contributed by atoms with van der Waals surface area (Å²) in [5.41, 5.74) is 7.40. The van der Waals surface area contributed by atoms with Crippen molar-refractivity contribution in [1.29, 1.82) is 0 Å². The van der Waals surface area contributed by atoms with E-state index in [0.717, 1.165) is 11.1 Å². The van der Waals surface area contributed by atoms with Gasteiger partial charge >= 0.3 is 11.9 Å². The molecule has 11 heteroatoms. The molecule has 7 N–H and O–H groups in total. The predicted octanol–water partition coefficient (Wildman–Crippen LogP) is 0.666. The fourth-order valence-corrected chi connectivity index (χ4v) is 3.23. The lowest BCUT2D eigenvalue weighted by atomic mass is 10.0. The average molecular weight is 427 g/mol. The Morgan fingerprint density at radius 1 is 1.19 bits per heavy atom. The largest absolute Gasteiger partial charge is 0.481 e. The van der Waals surface area contributed by atoms with E-state index in [9.17, 15) is 24.3 Å². The molecular weight excluding hydrogens is 406 g/mol. The first-order chi connectivity index (χ1) is 14.7. The van der Waals surface area contributed by atoms with Gasteiger partial charge in [-0.25, -0.2) is 4.79 Å². The highest BCUT2D eigenvalue weighted by Crippen LogP contribution is 2.16. The number of carboxylic acid groups (broad SMARTS) is 2. The monoisotopic (exact) mass is 427 g/mol. The Morgan fingerprint density at radius 2 is 1.97 bits per heavy atom. The highest BCUT2D eigenvalue weighted by atomic mass is 16.4. The van der Waals surface area contributed by atoms with Crippen LogP contribution in [0.1, 0.15) is 34.3 Å². The number of fused-ring (bicyclic) bond motifs is 1. The molecule has 1 atom stereocenters. The van der Waals surface area contributed by atoms with Gasteiger partial charge in [0.25, 0.3) is 11.5 Å². The minimum absolute atomic E-state index is 0.0210. The minimum Gasteiger partial charge on any atom is -0.481 e. The molecule has 3 aromatic rings. The molecule has 0 radical (unpaired) electrons. The molecule has 0 spiro atoms. The smallest absolute Gasteiger partial charge is 0.326 e. The summed E-state index contributed by atoms with van der Waals surface area (Å²) >= 11 is 0. The Bertz CT molecular complexity index is 1200. The molecule has 162 valence electrons. The lowest BCUT2D eigenvalue weighted by molar-refractivity contribution is -0.140. The molecule has 31 heavy (non-hydrogen) atoms. The Kier molecular flexibility index (Phi) is 6.34. The molecule has 0 aliphatic carbocycles. The van der Waals surface area contributed by atoms with Gasteiger partial charge in [-0.15, -0.1) is 0 Å². The summed E-state index contributed by atoms with van der Waals surface area (Å²) in [6.45, 7) is 0. The number of nitrogen functional groups attached to an aromatic ring is 1. The Labute approximate surface area is 175 Å². The number of H-pyrrole nitrogens is 2. The second-order valence-electron chi connectivity index (χ2n) is 6.99. The zero-order valence-corrected chi connectivity index (χ0v) is 16.3. The second-order valence-corrected chi connectivity index (χ2v) is 6.99. The lowest BCUT2D eigenvalue weighted by Gasteiger charge is -2.14. The number of aromatic nitrogens is 3. The van der Waals surface area contributed by atoms with Crippen LogP contribution in [0.3, 0.4) is 0 Å². The number of carboxylic acids is 2. The number of carbonyl (C=O) groups is 3. The van der Waals surface area contributed by atoms with Gasteiger partial charge in [-0.2, -0.15) is 4.98 Å². The second kappa shape index (κ2) is 9.11. The van der Waals surface area contributed by atoms with Crippen LogP contribution in [-0.4, -0.2) is 49.1 Å². The number of nitrogens with two attached hydrogens (primary N) is 1. The summed E-state index contributed by atoms with van der Waals surface area (Å²) in [6, 6.07) is 5.34. The van der Waals surface area contributed by atoms with Crippen molar-refractivity contribution < 1.29 is 24.6 Å². The third-order valence-electron chi connectivity index (χ3n) is 4.76. The third-order valence-corrected chi connectivity index (χ3v) is 4.76. The molecule has 0 aliphatic heterocycles. The molecule has 2 aromatic heterocycles. The van der Waals surface area contributed by atoms with E-state index in [1.54, 1.807) is 18.3 Å². The first-order valence-corrected chi connectivity index (χ1v) is 9.44. The van der Waals surface area contributed by atoms with Crippen LogP contribution in [0, 0.1) is 0 Å². The van der Waals surface area contributed by atoms with Crippen LogP contribution >= 0.6 is 0 Å². The van der Waals surface area contributed by atoms with Crippen molar-refractivity contribution >= 4 is 34.8 Å². The zero-order chi connectivity index (χ0) is 22.5. The summed E-state index contributed by atoms with van der Waals surface area (Å²) in [5.74, 6) is -3.03. The molecule has 0 fully saturated rings. The fourth-order valence-electron chi connectivity index (χ4n) is 3.23. The number of benzene rings is 1. The SMILES string of the molecule is Nc1nc2[nH]cc(CCc3cccc(C(=O)N[C@@H](CCC(=O)O)C(=O)O)c3)c2c(=O)[nH]1. The van der Waals surface area contributed by atoms with E-state index in [1.165, 1.54) is 6.07 Å². The van der Waals surface area contributed by atoms with Gasteiger partial charge in [0.05, 0.1) is 5.39 Å². The maximum absolute atomic E-state index is 12.4. The molecule has 1 amide bonds. The Hall–Kier alpha value is -4.15. The number of aliphatic carboxylic acids is 2. The van der Waals surface area contributed by atoms with Crippen molar-refractivity contribution in [2.45, 2.75) is 31.7 Å². The number of nitrogens with zero attached hydrogens (tertiary/aromatic N) is 1. The maximum Gasteiger partial charge on any atom is 0.326 e. The topological polar surface area (TPSA) is 191 Å². The van der Waals surface area contributed by atoms with Crippen LogP contribution in [0.2, 0.25) is 0 Å². The highest BCUT2D eigenvalue weighted by molar-refractivity contribution is 5.96. The summed E-state index contributed by atoms with van der Waals surface area (Å²) in [6.07, 6.45) is 2.10. The number of nitrogens with one attached hydrogen (secondary N) is 3. The summed E-state index contributed by atoms with van der Waals surface area (Å²) in [7, 11) is 0. The van der Waals surface area contributed by atoms with E-state index >= 15 is 0 Å². The van der Waals surface area contributed by atoms with E-state index in [2.05, 4.69) is 20.3 Å². The Morgan fingerprint density at radius 3 is 2.68 bits per heavy atom. The van der Waals surface area contributed by atoms with Crippen molar-refractivity contribution in [2.75, 3.05) is 5.73 Å².